The summed E-state index contributed by atoms with van der Waals surface area (Å²) in [6, 6.07) is 9.34. The van der Waals surface area contributed by atoms with Crippen LogP contribution in [0.3, 0.4) is 0 Å². The van der Waals surface area contributed by atoms with Gasteiger partial charge in [-0.1, -0.05) is 62.4 Å². The van der Waals surface area contributed by atoms with Crippen molar-refractivity contribution in [1.29, 1.82) is 0 Å². The van der Waals surface area contributed by atoms with Gasteiger partial charge in [-0.3, -0.25) is 0 Å². The van der Waals surface area contributed by atoms with Gasteiger partial charge in [0.1, 0.15) is 0 Å². The van der Waals surface area contributed by atoms with E-state index in [1.165, 1.54) is 76.2 Å². The minimum absolute atomic E-state index is 0.727. The highest BCUT2D eigenvalue weighted by atomic mass is 14.4. The van der Waals surface area contributed by atoms with Crippen LogP contribution in [0.2, 0.25) is 0 Å². The molecule has 0 N–H and O–H groups in total. The van der Waals surface area contributed by atoms with Crippen LogP contribution in [0.4, 0.5) is 0 Å². The van der Waals surface area contributed by atoms with Crippen molar-refractivity contribution in [2.24, 2.45) is 11.3 Å². The van der Waals surface area contributed by atoms with E-state index in [1.54, 1.807) is 5.56 Å². The van der Waals surface area contributed by atoms with E-state index in [0.717, 1.165) is 17.3 Å². The third kappa shape index (κ3) is 3.42. The van der Waals surface area contributed by atoms with Crippen molar-refractivity contribution >= 4 is 0 Å². The van der Waals surface area contributed by atoms with Gasteiger partial charge in [-0.15, -0.1) is 0 Å². The van der Waals surface area contributed by atoms with E-state index in [4.69, 9.17) is 0 Å². The van der Waals surface area contributed by atoms with Gasteiger partial charge in [-0.05, 0) is 74.7 Å². The van der Waals surface area contributed by atoms with E-state index in [-0.39, 0.29) is 0 Å². The second-order valence-corrected chi connectivity index (χ2v) is 8.13. The molecule has 3 rings (SSSR count). The number of hydrogen-bond donors (Lipinski definition) is 0. The first-order chi connectivity index (χ1) is 10.7. The van der Waals surface area contributed by atoms with Crippen LogP contribution in [0.5, 0.6) is 0 Å². The summed E-state index contributed by atoms with van der Waals surface area (Å²) >= 11 is 0. The summed E-state index contributed by atoms with van der Waals surface area (Å²) in [6.45, 7) is 4.59. The van der Waals surface area contributed by atoms with Crippen molar-refractivity contribution in [3.8, 4) is 0 Å². The molecular formula is C22H34. The van der Waals surface area contributed by atoms with Gasteiger partial charge < -0.3 is 0 Å². The molecule has 0 heterocycles. The first-order valence-corrected chi connectivity index (χ1v) is 9.80. The monoisotopic (exact) mass is 298 g/mol. The van der Waals surface area contributed by atoms with E-state index >= 15 is 0 Å². The quantitative estimate of drug-likeness (QED) is 0.560. The average molecular weight is 299 g/mol. The van der Waals surface area contributed by atoms with Crippen molar-refractivity contribution in [2.75, 3.05) is 0 Å². The molecule has 0 radical (unpaired) electrons. The maximum absolute atomic E-state index is 2.40. The van der Waals surface area contributed by atoms with E-state index in [2.05, 4.69) is 38.1 Å². The molecule has 0 aromatic heterocycles. The van der Waals surface area contributed by atoms with Crippen molar-refractivity contribution in [1.82, 2.24) is 0 Å². The molecule has 0 bridgehead atoms. The predicted octanol–water partition coefficient (Wildman–Crippen LogP) is 7.02. The lowest BCUT2D eigenvalue weighted by molar-refractivity contribution is 0.0527. The zero-order chi connectivity index (χ0) is 15.4. The third-order valence-electron chi connectivity index (χ3n) is 6.74. The van der Waals surface area contributed by atoms with Crippen LogP contribution < -0.4 is 0 Å². The molecule has 0 aliphatic heterocycles. The summed E-state index contributed by atoms with van der Waals surface area (Å²) in [4.78, 5) is 0. The van der Waals surface area contributed by atoms with E-state index in [1.807, 2.05) is 0 Å². The molecule has 1 aromatic carbocycles. The molecule has 2 aliphatic rings. The second-order valence-electron chi connectivity index (χ2n) is 8.13. The SMILES string of the molecule is CCCC1(C2CCC(c3ccc(C)cc3)CC2)CCCCC1. The van der Waals surface area contributed by atoms with Crippen molar-refractivity contribution < 1.29 is 0 Å². The molecule has 0 amide bonds. The minimum Gasteiger partial charge on any atom is -0.0654 e. The highest BCUT2D eigenvalue weighted by molar-refractivity contribution is 5.25. The Morgan fingerprint density at radius 2 is 1.55 bits per heavy atom. The Bertz CT molecular complexity index is 436. The van der Waals surface area contributed by atoms with E-state index in [9.17, 15) is 0 Å². The molecule has 0 unspecified atom stereocenters. The van der Waals surface area contributed by atoms with Crippen molar-refractivity contribution in [3.63, 3.8) is 0 Å². The van der Waals surface area contributed by atoms with Gasteiger partial charge in [0.15, 0.2) is 0 Å². The van der Waals surface area contributed by atoms with Gasteiger partial charge in [-0.2, -0.15) is 0 Å². The summed E-state index contributed by atoms with van der Waals surface area (Å²) in [5.74, 6) is 1.86. The largest absolute Gasteiger partial charge is 0.0654 e. The first kappa shape index (κ1) is 16.1. The van der Waals surface area contributed by atoms with Crippen LogP contribution in [0.1, 0.15) is 94.6 Å². The molecule has 0 spiro atoms. The van der Waals surface area contributed by atoms with Gasteiger partial charge in [-0.25, -0.2) is 0 Å². The number of rotatable bonds is 4. The van der Waals surface area contributed by atoms with Crippen molar-refractivity contribution in [2.45, 2.75) is 90.4 Å². The van der Waals surface area contributed by atoms with E-state index in [0.29, 0.717) is 0 Å². The Balaban J connectivity index is 1.63. The molecule has 2 fully saturated rings. The van der Waals surface area contributed by atoms with Crippen molar-refractivity contribution in [3.05, 3.63) is 35.4 Å². The fraction of sp³-hybridized carbons (Fsp3) is 0.727. The topological polar surface area (TPSA) is 0 Å². The molecule has 0 atom stereocenters. The molecule has 22 heavy (non-hydrogen) atoms. The standard InChI is InChI=1S/C22H34/c1-3-15-22(16-5-4-6-17-22)21-13-11-20(12-14-21)19-9-7-18(2)8-10-19/h7-10,20-21H,3-6,11-17H2,1-2H3. The second kappa shape index (κ2) is 7.20. The summed E-state index contributed by atoms with van der Waals surface area (Å²) in [5, 5.41) is 0. The first-order valence-electron chi connectivity index (χ1n) is 9.80. The van der Waals surface area contributed by atoms with Crippen LogP contribution in [0.25, 0.3) is 0 Å². The number of aryl methyl sites for hydroxylation is 1. The summed E-state index contributed by atoms with van der Waals surface area (Å²) < 4.78 is 0. The Hall–Kier alpha value is -0.780. The molecule has 0 saturated heterocycles. The highest BCUT2D eigenvalue weighted by Crippen LogP contribution is 2.52. The van der Waals surface area contributed by atoms with Gasteiger partial charge in [0, 0.05) is 0 Å². The molecule has 1 aromatic rings. The lowest BCUT2D eigenvalue weighted by Crippen LogP contribution is -2.35. The minimum atomic E-state index is 0.727. The average Bonchev–Trinajstić information content (AvgIpc) is 2.57. The van der Waals surface area contributed by atoms with Crippen LogP contribution in [0, 0.1) is 18.3 Å². The predicted molar refractivity (Wildman–Crippen MR) is 96.3 cm³/mol. The lowest BCUT2D eigenvalue weighted by atomic mass is 9.58. The molecule has 2 saturated carbocycles. The Morgan fingerprint density at radius 3 is 2.14 bits per heavy atom. The van der Waals surface area contributed by atoms with Gasteiger partial charge in [0.05, 0.1) is 0 Å². The van der Waals surface area contributed by atoms with Crippen LogP contribution in [-0.4, -0.2) is 0 Å². The Labute approximate surface area is 137 Å². The molecule has 0 heteroatoms. The normalized spacial score (nSPS) is 28.5. The Kier molecular flexibility index (Phi) is 5.26. The maximum Gasteiger partial charge on any atom is -0.0162 e. The van der Waals surface area contributed by atoms with Gasteiger partial charge in [0.25, 0.3) is 0 Å². The summed E-state index contributed by atoms with van der Waals surface area (Å²) in [7, 11) is 0. The third-order valence-corrected chi connectivity index (χ3v) is 6.74. The number of hydrogen-bond acceptors (Lipinski definition) is 0. The summed E-state index contributed by atoms with van der Waals surface area (Å²) in [5.41, 5.74) is 3.71. The van der Waals surface area contributed by atoms with Gasteiger partial charge in [0.2, 0.25) is 0 Å². The molecule has 122 valence electrons. The summed E-state index contributed by atoms with van der Waals surface area (Å²) in [6.07, 6.45) is 16.3. The zero-order valence-electron chi connectivity index (χ0n) is 14.7. The fourth-order valence-corrected chi connectivity index (χ4v) is 5.49. The zero-order valence-corrected chi connectivity index (χ0v) is 14.7. The van der Waals surface area contributed by atoms with Crippen LogP contribution in [-0.2, 0) is 0 Å². The molecule has 0 nitrogen and oxygen atoms in total. The highest BCUT2D eigenvalue weighted by Gasteiger charge is 2.40. The molecule has 2 aliphatic carbocycles. The Morgan fingerprint density at radius 1 is 0.909 bits per heavy atom. The smallest absolute Gasteiger partial charge is 0.0162 e. The fourth-order valence-electron chi connectivity index (χ4n) is 5.49. The maximum atomic E-state index is 2.40. The van der Waals surface area contributed by atoms with Gasteiger partial charge >= 0.3 is 0 Å². The number of benzene rings is 1. The van der Waals surface area contributed by atoms with E-state index < -0.39 is 0 Å². The van der Waals surface area contributed by atoms with Crippen LogP contribution >= 0.6 is 0 Å². The lowest BCUT2D eigenvalue weighted by Gasteiger charge is -2.47. The molecular weight excluding hydrogens is 264 g/mol. The van der Waals surface area contributed by atoms with Crippen LogP contribution in [0.15, 0.2) is 24.3 Å².